The van der Waals surface area contributed by atoms with Crippen molar-refractivity contribution < 1.29 is 10.2 Å². The van der Waals surface area contributed by atoms with Gasteiger partial charge in [0.2, 0.25) is 0 Å². The first-order valence-corrected chi connectivity index (χ1v) is 6.31. The smallest absolute Gasteiger partial charge is 0.124 e. The van der Waals surface area contributed by atoms with Crippen molar-refractivity contribution in [3.8, 4) is 17.6 Å². The van der Waals surface area contributed by atoms with Crippen LogP contribution in [0.25, 0.3) is 0 Å². The standard InChI is InChI=1S/C16H16N2O2/c1-10-6-7-12(9-17)8-13(10)18-11(2)16-14(19)4-3-5-15(16)20/h3-8,11,18-20H,1-2H3. The van der Waals surface area contributed by atoms with Crippen LogP contribution in [0.3, 0.4) is 0 Å². The lowest BCUT2D eigenvalue weighted by molar-refractivity contribution is 0.434. The molecule has 0 fully saturated rings. The topological polar surface area (TPSA) is 76.3 Å². The molecule has 0 aliphatic heterocycles. The summed E-state index contributed by atoms with van der Waals surface area (Å²) in [5.41, 5.74) is 2.80. The maximum atomic E-state index is 9.86. The van der Waals surface area contributed by atoms with Gasteiger partial charge in [0.05, 0.1) is 23.2 Å². The first-order chi connectivity index (χ1) is 9.52. The van der Waals surface area contributed by atoms with Crippen molar-refractivity contribution in [2.24, 2.45) is 0 Å². The van der Waals surface area contributed by atoms with Crippen LogP contribution >= 0.6 is 0 Å². The lowest BCUT2D eigenvalue weighted by atomic mass is 10.0. The first kappa shape index (κ1) is 13.8. The Morgan fingerprint density at radius 1 is 1.15 bits per heavy atom. The van der Waals surface area contributed by atoms with E-state index in [1.807, 2.05) is 19.9 Å². The van der Waals surface area contributed by atoms with E-state index in [0.29, 0.717) is 11.1 Å². The van der Waals surface area contributed by atoms with Crippen molar-refractivity contribution in [1.29, 1.82) is 5.26 Å². The first-order valence-electron chi connectivity index (χ1n) is 6.31. The number of hydrogen-bond donors (Lipinski definition) is 3. The Bertz CT molecular complexity index is 654. The number of aryl methyl sites for hydroxylation is 1. The van der Waals surface area contributed by atoms with Gasteiger partial charge in [0.25, 0.3) is 0 Å². The number of phenolic OH excluding ortho intramolecular Hbond substituents is 2. The number of anilines is 1. The molecule has 0 aliphatic rings. The molecule has 0 heterocycles. The quantitative estimate of drug-likeness (QED) is 0.796. The molecule has 1 unspecified atom stereocenters. The summed E-state index contributed by atoms with van der Waals surface area (Å²) >= 11 is 0. The van der Waals surface area contributed by atoms with Gasteiger partial charge in [0.15, 0.2) is 0 Å². The van der Waals surface area contributed by atoms with E-state index < -0.39 is 0 Å². The van der Waals surface area contributed by atoms with E-state index in [1.54, 1.807) is 18.2 Å². The van der Waals surface area contributed by atoms with E-state index in [0.717, 1.165) is 11.3 Å². The highest BCUT2D eigenvalue weighted by Crippen LogP contribution is 2.34. The van der Waals surface area contributed by atoms with Crippen LogP contribution in [-0.4, -0.2) is 10.2 Å². The maximum Gasteiger partial charge on any atom is 0.124 e. The van der Waals surface area contributed by atoms with Gasteiger partial charge in [-0.15, -0.1) is 0 Å². The fraction of sp³-hybridized carbons (Fsp3) is 0.188. The van der Waals surface area contributed by atoms with Crippen LogP contribution in [0.5, 0.6) is 11.5 Å². The summed E-state index contributed by atoms with van der Waals surface area (Å²) < 4.78 is 0. The van der Waals surface area contributed by atoms with Gasteiger partial charge in [-0.25, -0.2) is 0 Å². The Morgan fingerprint density at radius 3 is 2.40 bits per heavy atom. The fourth-order valence-electron chi connectivity index (χ4n) is 2.14. The third-order valence-corrected chi connectivity index (χ3v) is 3.23. The molecule has 0 amide bonds. The van der Waals surface area contributed by atoms with Crippen LogP contribution in [0.1, 0.15) is 29.7 Å². The van der Waals surface area contributed by atoms with Gasteiger partial charge in [0.1, 0.15) is 11.5 Å². The molecule has 0 spiro atoms. The number of nitrogens with one attached hydrogen (secondary N) is 1. The van der Waals surface area contributed by atoms with Crippen molar-refractivity contribution in [1.82, 2.24) is 0 Å². The number of nitriles is 1. The van der Waals surface area contributed by atoms with Crippen molar-refractivity contribution >= 4 is 5.69 Å². The van der Waals surface area contributed by atoms with Crippen molar-refractivity contribution in [3.05, 3.63) is 53.1 Å². The van der Waals surface area contributed by atoms with Gasteiger partial charge in [-0.3, -0.25) is 0 Å². The maximum absolute atomic E-state index is 9.86. The molecule has 0 saturated heterocycles. The molecule has 0 saturated carbocycles. The second kappa shape index (κ2) is 5.54. The van der Waals surface area contributed by atoms with Crippen LogP contribution in [0, 0.1) is 18.3 Å². The third-order valence-electron chi connectivity index (χ3n) is 3.23. The van der Waals surface area contributed by atoms with Crippen LogP contribution in [0.4, 0.5) is 5.69 Å². The van der Waals surface area contributed by atoms with E-state index in [9.17, 15) is 10.2 Å². The number of aromatic hydroxyl groups is 2. The Hall–Kier alpha value is -2.67. The summed E-state index contributed by atoms with van der Waals surface area (Å²) in [5.74, 6) is 0.0816. The summed E-state index contributed by atoms with van der Waals surface area (Å²) in [7, 11) is 0. The minimum absolute atomic E-state index is 0.0408. The van der Waals surface area contributed by atoms with Gasteiger partial charge in [-0.1, -0.05) is 12.1 Å². The van der Waals surface area contributed by atoms with E-state index in [1.165, 1.54) is 12.1 Å². The minimum Gasteiger partial charge on any atom is -0.507 e. The summed E-state index contributed by atoms with van der Waals surface area (Å²) in [6, 6.07) is 11.8. The van der Waals surface area contributed by atoms with Gasteiger partial charge in [-0.05, 0) is 43.7 Å². The number of hydrogen-bond acceptors (Lipinski definition) is 4. The molecule has 0 bridgehead atoms. The van der Waals surface area contributed by atoms with Crippen LogP contribution in [-0.2, 0) is 0 Å². The average Bonchev–Trinajstić information content (AvgIpc) is 2.41. The highest BCUT2D eigenvalue weighted by atomic mass is 16.3. The normalized spacial score (nSPS) is 11.7. The van der Waals surface area contributed by atoms with Crippen molar-refractivity contribution in [2.45, 2.75) is 19.9 Å². The number of nitrogens with zero attached hydrogens (tertiary/aromatic N) is 1. The van der Waals surface area contributed by atoms with E-state index in [-0.39, 0.29) is 17.5 Å². The van der Waals surface area contributed by atoms with Gasteiger partial charge >= 0.3 is 0 Å². The largest absolute Gasteiger partial charge is 0.507 e. The molecule has 1 atom stereocenters. The molecule has 0 radical (unpaired) electrons. The molecule has 0 aromatic heterocycles. The Morgan fingerprint density at radius 2 is 1.80 bits per heavy atom. The fourth-order valence-corrected chi connectivity index (χ4v) is 2.14. The second-order valence-electron chi connectivity index (χ2n) is 4.72. The summed E-state index contributed by atoms with van der Waals surface area (Å²) in [6.07, 6.45) is 0. The van der Waals surface area contributed by atoms with Gasteiger partial charge < -0.3 is 15.5 Å². The molecule has 2 aromatic carbocycles. The second-order valence-corrected chi connectivity index (χ2v) is 4.72. The number of benzene rings is 2. The zero-order valence-electron chi connectivity index (χ0n) is 11.4. The van der Waals surface area contributed by atoms with E-state index in [2.05, 4.69) is 11.4 Å². The molecule has 3 N–H and O–H groups in total. The molecule has 4 nitrogen and oxygen atoms in total. The highest BCUT2D eigenvalue weighted by Gasteiger charge is 2.15. The minimum atomic E-state index is -0.288. The van der Waals surface area contributed by atoms with Crippen LogP contribution in [0.2, 0.25) is 0 Å². The van der Waals surface area contributed by atoms with Gasteiger partial charge in [0, 0.05) is 5.69 Å². The van der Waals surface area contributed by atoms with Crippen molar-refractivity contribution in [3.63, 3.8) is 0 Å². The van der Waals surface area contributed by atoms with E-state index in [4.69, 9.17) is 5.26 Å². The zero-order chi connectivity index (χ0) is 14.7. The summed E-state index contributed by atoms with van der Waals surface area (Å²) in [5, 5.41) is 31.9. The molecule has 4 heteroatoms. The molecule has 20 heavy (non-hydrogen) atoms. The zero-order valence-corrected chi connectivity index (χ0v) is 11.4. The monoisotopic (exact) mass is 268 g/mol. The predicted octanol–water partition coefficient (Wildman–Crippen LogP) is 3.45. The Labute approximate surface area is 117 Å². The van der Waals surface area contributed by atoms with E-state index >= 15 is 0 Å². The number of rotatable bonds is 3. The third kappa shape index (κ3) is 2.67. The summed E-state index contributed by atoms with van der Waals surface area (Å²) in [4.78, 5) is 0. The lowest BCUT2D eigenvalue weighted by Crippen LogP contribution is -2.08. The highest BCUT2D eigenvalue weighted by molar-refractivity contribution is 5.58. The van der Waals surface area contributed by atoms with Crippen LogP contribution < -0.4 is 5.32 Å². The SMILES string of the molecule is Cc1ccc(C#N)cc1NC(C)c1c(O)cccc1O. The van der Waals surface area contributed by atoms with Crippen molar-refractivity contribution in [2.75, 3.05) is 5.32 Å². The molecular weight excluding hydrogens is 252 g/mol. The van der Waals surface area contributed by atoms with Crippen LogP contribution in [0.15, 0.2) is 36.4 Å². The molecule has 2 aromatic rings. The van der Waals surface area contributed by atoms with Gasteiger partial charge in [-0.2, -0.15) is 5.26 Å². The Kier molecular flexibility index (Phi) is 3.81. The summed E-state index contributed by atoms with van der Waals surface area (Å²) in [6.45, 7) is 3.77. The Balaban J connectivity index is 2.33. The molecule has 0 aliphatic carbocycles. The predicted molar refractivity (Wildman–Crippen MR) is 77.7 cm³/mol. The lowest BCUT2D eigenvalue weighted by Gasteiger charge is -2.19. The molecular formula is C16H16N2O2. The molecule has 102 valence electrons. The average molecular weight is 268 g/mol. The number of phenols is 2. The molecule has 2 rings (SSSR count).